The van der Waals surface area contributed by atoms with Gasteiger partial charge in [0.25, 0.3) is 0 Å². The molecule has 20 heavy (non-hydrogen) atoms. The maximum absolute atomic E-state index is 11.2. The first kappa shape index (κ1) is 14.1. The van der Waals surface area contributed by atoms with E-state index >= 15 is 0 Å². The number of ether oxygens (including phenoxy) is 1. The Hall–Kier alpha value is -2.29. The summed E-state index contributed by atoms with van der Waals surface area (Å²) >= 11 is 0. The Kier molecular flexibility index (Phi) is 4.08. The van der Waals surface area contributed by atoms with Crippen molar-refractivity contribution in [3.8, 4) is 5.75 Å². The number of hydrogen-bond donors (Lipinski definition) is 1. The molecule has 0 spiro atoms. The molecule has 0 aromatic heterocycles. The van der Waals surface area contributed by atoms with E-state index < -0.39 is 5.97 Å². The van der Waals surface area contributed by atoms with E-state index in [-0.39, 0.29) is 5.56 Å². The van der Waals surface area contributed by atoms with Gasteiger partial charge in [-0.2, -0.15) is 0 Å². The third-order valence-corrected chi connectivity index (χ3v) is 3.40. The van der Waals surface area contributed by atoms with Gasteiger partial charge in [0, 0.05) is 0 Å². The molecule has 1 N–H and O–H groups in total. The largest absolute Gasteiger partial charge is 0.488 e. The fraction of sp³-hybridized carbons (Fsp3) is 0.235. The molecule has 0 aliphatic carbocycles. The number of carbonyl (C=O) groups is 1. The predicted molar refractivity (Wildman–Crippen MR) is 78.4 cm³/mol. The summed E-state index contributed by atoms with van der Waals surface area (Å²) < 4.78 is 5.73. The molecule has 0 amide bonds. The summed E-state index contributed by atoms with van der Waals surface area (Å²) in [4.78, 5) is 11.2. The lowest BCUT2D eigenvalue weighted by Gasteiger charge is -2.12. The summed E-state index contributed by atoms with van der Waals surface area (Å²) in [5.41, 5.74) is 4.50. The molecule has 0 heterocycles. The third kappa shape index (κ3) is 2.99. The van der Waals surface area contributed by atoms with Crippen LogP contribution in [0.15, 0.2) is 36.4 Å². The van der Waals surface area contributed by atoms with Crippen molar-refractivity contribution in [1.82, 2.24) is 0 Å². The molecule has 0 fully saturated rings. The van der Waals surface area contributed by atoms with Gasteiger partial charge < -0.3 is 9.84 Å². The van der Waals surface area contributed by atoms with E-state index in [0.29, 0.717) is 12.4 Å². The average molecular weight is 270 g/mol. The first-order chi connectivity index (χ1) is 9.49. The van der Waals surface area contributed by atoms with Crippen LogP contribution >= 0.6 is 0 Å². The fourth-order valence-electron chi connectivity index (χ4n) is 2.06. The maximum Gasteiger partial charge on any atom is 0.339 e. The van der Waals surface area contributed by atoms with Crippen LogP contribution in [0.25, 0.3) is 0 Å². The lowest BCUT2D eigenvalue weighted by molar-refractivity contribution is 0.0691. The molecule has 0 aliphatic rings. The lowest BCUT2D eigenvalue weighted by atomic mass is 10.1. The van der Waals surface area contributed by atoms with Crippen LogP contribution in [-0.2, 0) is 6.61 Å². The normalized spacial score (nSPS) is 10.3. The molecule has 0 radical (unpaired) electrons. The van der Waals surface area contributed by atoms with E-state index in [2.05, 4.69) is 19.9 Å². The Morgan fingerprint density at radius 1 is 1.05 bits per heavy atom. The number of rotatable bonds is 4. The number of benzene rings is 2. The van der Waals surface area contributed by atoms with Crippen LogP contribution in [-0.4, -0.2) is 11.1 Å². The van der Waals surface area contributed by atoms with Gasteiger partial charge in [-0.15, -0.1) is 0 Å². The monoisotopic (exact) mass is 270 g/mol. The van der Waals surface area contributed by atoms with Gasteiger partial charge in [0.05, 0.1) is 0 Å². The summed E-state index contributed by atoms with van der Waals surface area (Å²) in [6.07, 6.45) is 0. The number of carboxylic acids is 1. The van der Waals surface area contributed by atoms with Crippen molar-refractivity contribution in [1.29, 1.82) is 0 Å². The van der Waals surface area contributed by atoms with E-state index in [1.165, 1.54) is 11.1 Å². The second-order valence-electron chi connectivity index (χ2n) is 4.96. The third-order valence-electron chi connectivity index (χ3n) is 3.40. The SMILES string of the molecule is Cc1ccc(COc2c(C)cccc2C(=O)O)cc1C. The van der Waals surface area contributed by atoms with Gasteiger partial charge in [-0.25, -0.2) is 4.79 Å². The molecular weight excluding hydrogens is 252 g/mol. The number of aryl methyl sites for hydroxylation is 3. The van der Waals surface area contributed by atoms with Crippen molar-refractivity contribution >= 4 is 5.97 Å². The maximum atomic E-state index is 11.2. The summed E-state index contributed by atoms with van der Waals surface area (Å²) in [6.45, 7) is 6.33. The second-order valence-corrected chi connectivity index (χ2v) is 4.96. The Morgan fingerprint density at radius 3 is 2.45 bits per heavy atom. The number of aromatic carboxylic acids is 1. The van der Waals surface area contributed by atoms with Gasteiger partial charge in [0.15, 0.2) is 0 Å². The summed E-state index contributed by atoms with van der Waals surface area (Å²) in [5, 5.41) is 9.19. The molecule has 0 atom stereocenters. The molecule has 3 heteroatoms. The van der Waals surface area contributed by atoms with Gasteiger partial charge in [-0.1, -0.05) is 30.3 Å². The van der Waals surface area contributed by atoms with Crippen LogP contribution in [0.5, 0.6) is 5.75 Å². The Balaban J connectivity index is 2.22. The smallest absolute Gasteiger partial charge is 0.339 e. The minimum atomic E-state index is -0.969. The standard InChI is InChI=1S/C17H18O3/c1-11-7-8-14(9-13(11)3)10-20-16-12(2)5-4-6-15(16)17(18)19/h4-9H,10H2,1-3H3,(H,18,19). The quantitative estimate of drug-likeness (QED) is 0.916. The molecule has 2 aromatic carbocycles. The predicted octanol–water partition coefficient (Wildman–Crippen LogP) is 3.89. The molecule has 0 saturated heterocycles. The van der Waals surface area contributed by atoms with Crippen molar-refractivity contribution < 1.29 is 14.6 Å². The first-order valence-electron chi connectivity index (χ1n) is 6.51. The van der Waals surface area contributed by atoms with Crippen LogP contribution in [0.2, 0.25) is 0 Å². The van der Waals surface area contributed by atoms with Gasteiger partial charge in [-0.05, 0) is 49.1 Å². The number of para-hydroxylation sites is 1. The minimum absolute atomic E-state index is 0.203. The Labute approximate surface area is 118 Å². The van der Waals surface area contributed by atoms with Crippen LogP contribution in [0.1, 0.15) is 32.6 Å². The first-order valence-corrected chi connectivity index (χ1v) is 6.51. The zero-order chi connectivity index (χ0) is 14.7. The van der Waals surface area contributed by atoms with Crippen molar-refractivity contribution in [2.24, 2.45) is 0 Å². The highest BCUT2D eigenvalue weighted by Crippen LogP contribution is 2.24. The van der Waals surface area contributed by atoms with E-state index in [0.717, 1.165) is 11.1 Å². The molecule has 104 valence electrons. The van der Waals surface area contributed by atoms with Gasteiger partial charge in [0.2, 0.25) is 0 Å². The van der Waals surface area contributed by atoms with Crippen molar-refractivity contribution in [3.63, 3.8) is 0 Å². The molecule has 2 aromatic rings. The second kappa shape index (κ2) is 5.78. The number of carboxylic acid groups (broad SMARTS) is 1. The minimum Gasteiger partial charge on any atom is -0.488 e. The van der Waals surface area contributed by atoms with Crippen LogP contribution in [0.3, 0.4) is 0 Å². The van der Waals surface area contributed by atoms with Crippen molar-refractivity contribution in [2.75, 3.05) is 0 Å². The lowest BCUT2D eigenvalue weighted by Crippen LogP contribution is -2.05. The molecule has 0 bridgehead atoms. The zero-order valence-electron chi connectivity index (χ0n) is 11.9. The fourth-order valence-corrected chi connectivity index (χ4v) is 2.06. The molecular formula is C17H18O3. The summed E-state index contributed by atoms with van der Waals surface area (Å²) in [5.74, 6) is -0.526. The zero-order valence-corrected chi connectivity index (χ0v) is 11.9. The summed E-state index contributed by atoms with van der Waals surface area (Å²) in [6, 6.07) is 11.2. The van der Waals surface area contributed by atoms with Crippen molar-refractivity contribution in [3.05, 3.63) is 64.2 Å². The van der Waals surface area contributed by atoms with E-state index in [1.54, 1.807) is 12.1 Å². The average Bonchev–Trinajstić information content (AvgIpc) is 2.40. The molecule has 0 unspecified atom stereocenters. The highest BCUT2D eigenvalue weighted by atomic mass is 16.5. The Morgan fingerprint density at radius 2 is 1.80 bits per heavy atom. The van der Waals surface area contributed by atoms with Crippen LogP contribution < -0.4 is 4.74 Å². The highest BCUT2D eigenvalue weighted by Gasteiger charge is 2.13. The molecule has 2 rings (SSSR count). The van der Waals surface area contributed by atoms with Crippen LogP contribution in [0.4, 0.5) is 0 Å². The van der Waals surface area contributed by atoms with Gasteiger partial charge >= 0.3 is 5.97 Å². The van der Waals surface area contributed by atoms with Crippen LogP contribution in [0, 0.1) is 20.8 Å². The molecule has 3 nitrogen and oxygen atoms in total. The van der Waals surface area contributed by atoms with E-state index in [9.17, 15) is 9.90 Å². The summed E-state index contributed by atoms with van der Waals surface area (Å²) in [7, 11) is 0. The molecule has 0 aliphatic heterocycles. The van der Waals surface area contributed by atoms with E-state index in [1.807, 2.05) is 25.1 Å². The molecule has 0 saturated carbocycles. The highest BCUT2D eigenvalue weighted by molar-refractivity contribution is 5.91. The van der Waals surface area contributed by atoms with Gasteiger partial charge in [0.1, 0.15) is 17.9 Å². The number of hydrogen-bond acceptors (Lipinski definition) is 2. The Bertz CT molecular complexity index is 645. The van der Waals surface area contributed by atoms with Crippen molar-refractivity contribution in [2.45, 2.75) is 27.4 Å². The van der Waals surface area contributed by atoms with Gasteiger partial charge in [-0.3, -0.25) is 0 Å². The topological polar surface area (TPSA) is 46.5 Å². The van der Waals surface area contributed by atoms with E-state index in [4.69, 9.17) is 4.74 Å².